The van der Waals surface area contributed by atoms with Crippen molar-refractivity contribution < 1.29 is 14.3 Å². The minimum atomic E-state index is -0.187. The first-order valence-corrected chi connectivity index (χ1v) is 12.0. The number of hydrogen-bond donors (Lipinski definition) is 0. The molecule has 1 aliphatic rings. The number of carbonyl (C=O) groups is 1. The highest BCUT2D eigenvalue weighted by molar-refractivity contribution is 8.01. The van der Waals surface area contributed by atoms with Crippen molar-refractivity contribution >= 4 is 46.1 Å². The number of thiophene rings is 1. The number of aromatic nitrogens is 1. The Hall–Kier alpha value is -2.36. The van der Waals surface area contributed by atoms with Crippen LogP contribution in [0, 0.1) is 6.92 Å². The summed E-state index contributed by atoms with van der Waals surface area (Å²) in [7, 11) is 3.22. The van der Waals surface area contributed by atoms with Crippen LogP contribution in [0.1, 0.15) is 28.6 Å². The van der Waals surface area contributed by atoms with Crippen molar-refractivity contribution in [3.05, 3.63) is 57.2 Å². The first-order valence-electron chi connectivity index (χ1n) is 9.29. The molecule has 0 fully saturated rings. The molecule has 3 heterocycles. The maximum atomic E-state index is 13.1. The number of thiazole rings is 1. The Morgan fingerprint density at radius 2 is 2.07 bits per heavy atom. The molecular weight excluding hydrogens is 438 g/mol. The largest absolute Gasteiger partial charge is 0.493 e. The molecule has 1 atom stereocenters. The van der Waals surface area contributed by atoms with E-state index in [9.17, 15) is 4.79 Å². The zero-order chi connectivity index (χ0) is 21.1. The number of benzene rings is 1. The third kappa shape index (κ3) is 4.38. The first kappa shape index (κ1) is 20.9. The van der Waals surface area contributed by atoms with Crippen LogP contribution in [-0.4, -0.2) is 41.6 Å². The fraction of sp³-hybridized carbons (Fsp3) is 0.286. The molecule has 1 aliphatic heterocycles. The molecule has 0 spiro atoms. The monoisotopic (exact) mass is 459 g/mol. The summed E-state index contributed by atoms with van der Waals surface area (Å²) in [5, 5.41) is 10.3. The van der Waals surface area contributed by atoms with Crippen molar-refractivity contribution in [1.82, 2.24) is 9.99 Å². The van der Waals surface area contributed by atoms with Crippen LogP contribution < -0.4 is 9.47 Å². The maximum absolute atomic E-state index is 13.1. The lowest BCUT2D eigenvalue weighted by atomic mass is 10.0. The molecule has 1 amide bonds. The van der Waals surface area contributed by atoms with E-state index in [1.54, 1.807) is 41.9 Å². The first-order chi connectivity index (χ1) is 14.6. The van der Waals surface area contributed by atoms with Gasteiger partial charge in [-0.05, 0) is 36.1 Å². The third-order valence-electron chi connectivity index (χ3n) is 4.68. The van der Waals surface area contributed by atoms with Crippen molar-refractivity contribution in [3.8, 4) is 11.5 Å². The van der Waals surface area contributed by atoms with E-state index in [0.717, 1.165) is 26.2 Å². The van der Waals surface area contributed by atoms with Gasteiger partial charge in [-0.15, -0.1) is 22.7 Å². The molecular formula is C21H21N3O3S3. The van der Waals surface area contributed by atoms with Crippen LogP contribution in [-0.2, 0) is 4.79 Å². The summed E-state index contributed by atoms with van der Waals surface area (Å²) in [5.74, 6) is 1.54. The van der Waals surface area contributed by atoms with E-state index in [1.165, 1.54) is 11.8 Å². The van der Waals surface area contributed by atoms with Gasteiger partial charge in [-0.25, -0.2) is 9.99 Å². The van der Waals surface area contributed by atoms with Crippen LogP contribution in [0.2, 0.25) is 0 Å². The van der Waals surface area contributed by atoms with Crippen molar-refractivity contribution in [1.29, 1.82) is 0 Å². The van der Waals surface area contributed by atoms with Crippen LogP contribution in [0.15, 0.2) is 50.5 Å². The van der Waals surface area contributed by atoms with E-state index in [2.05, 4.69) is 4.98 Å². The lowest BCUT2D eigenvalue weighted by molar-refractivity contribution is -0.130. The summed E-state index contributed by atoms with van der Waals surface area (Å²) < 4.78 is 11.7. The van der Waals surface area contributed by atoms with Gasteiger partial charge in [0.2, 0.25) is 0 Å². The highest BCUT2D eigenvalue weighted by Crippen LogP contribution is 2.38. The maximum Gasteiger partial charge on any atom is 0.253 e. The Morgan fingerprint density at radius 3 is 2.73 bits per heavy atom. The molecule has 0 N–H and O–H groups in total. The number of amides is 1. The number of hydrogen-bond acceptors (Lipinski definition) is 8. The van der Waals surface area contributed by atoms with Gasteiger partial charge >= 0.3 is 0 Å². The number of carbonyl (C=O) groups excluding carboxylic acids is 1. The predicted octanol–water partition coefficient (Wildman–Crippen LogP) is 5.00. The normalized spacial score (nSPS) is 15.9. The number of nitrogens with zero attached hydrogens (tertiary/aromatic N) is 3. The number of methoxy groups -OCH3 is 2. The Kier molecular flexibility index (Phi) is 6.40. The fourth-order valence-electron chi connectivity index (χ4n) is 3.24. The average molecular weight is 460 g/mol. The van der Waals surface area contributed by atoms with Crippen LogP contribution in [0.3, 0.4) is 0 Å². The lowest BCUT2D eigenvalue weighted by Gasteiger charge is -2.22. The zero-order valence-corrected chi connectivity index (χ0v) is 19.3. The smallest absolute Gasteiger partial charge is 0.253 e. The van der Waals surface area contributed by atoms with Crippen LogP contribution in [0.4, 0.5) is 0 Å². The molecule has 4 rings (SSSR count). The summed E-state index contributed by atoms with van der Waals surface area (Å²) in [4.78, 5) is 18.6. The summed E-state index contributed by atoms with van der Waals surface area (Å²) in [6.07, 6.45) is 0.656. The van der Waals surface area contributed by atoms with E-state index in [0.29, 0.717) is 17.9 Å². The lowest BCUT2D eigenvalue weighted by Crippen LogP contribution is -2.28. The summed E-state index contributed by atoms with van der Waals surface area (Å²) >= 11 is 4.64. The molecule has 6 nitrogen and oxygen atoms in total. The van der Waals surface area contributed by atoms with Gasteiger partial charge in [0.1, 0.15) is 0 Å². The molecule has 0 saturated carbocycles. The van der Waals surface area contributed by atoms with E-state index in [4.69, 9.17) is 14.6 Å². The molecule has 0 aliphatic carbocycles. The molecule has 2 aromatic heterocycles. The van der Waals surface area contributed by atoms with E-state index >= 15 is 0 Å². The average Bonchev–Trinajstić information content (AvgIpc) is 3.51. The Morgan fingerprint density at radius 1 is 1.23 bits per heavy atom. The molecule has 9 heteroatoms. The number of hydrazone groups is 1. The zero-order valence-electron chi connectivity index (χ0n) is 16.8. The van der Waals surface area contributed by atoms with E-state index in [1.807, 2.05) is 48.0 Å². The SMILES string of the molecule is COc1ccc([C@H]2CC(c3cccs3)=NN2C(=O)CSc2nc(C)cs2)cc1OC. The molecule has 30 heavy (non-hydrogen) atoms. The molecule has 0 saturated heterocycles. The minimum Gasteiger partial charge on any atom is -0.493 e. The second-order valence-electron chi connectivity index (χ2n) is 6.64. The summed E-state index contributed by atoms with van der Waals surface area (Å²) in [5.41, 5.74) is 2.86. The highest BCUT2D eigenvalue weighted by Gasteiger charge is 2.34. The van der Waals surface area contributed by atoms with Gasteiger partial charge in [-0.3, -0.25) is 4.79 Å². The number of thioether (sulfide) groups is 1. The van der Waals surface area contributed by atoms with Gasteiger partial charge in [0.05, 0.1) is 36.6 Å². The summed E-state index contributed by atoms with van der Waals surface area (Å²) in [6.45, 7) is 1.95. The molecule has 0 radical (unpaired) electrons. The quantitative estimate of drug-likeness (QED) is 0.465. The fourth-order valence-corrected chi connectivity index (χ4v) is 5.66. The van der Waals surface area contributed by atoms with Crippen molar-refractivity contribution in [2.24, 2.45) is 5.10 Å². The minimum absolute atomic E-state index is 0.0424. The van der Waals surface area contributed by atoms with E-state index < -0.39 is 0 Å². The van der Waals surface area contributed by atoms with Gasteiger partial charge in [0.15, 0.2) is 15.8 Å². The second kappa shape index (κ2) is 9.20. The van der Waals surface area contributed by atoms with Gasteiger partial charge in [-0.2, -0.15) is 5.10 Å². The Bertz CT molecular complexity index is 1060. The van der Waals surface area contributed by atoms with Gasteiger partial charge in [0, 0.05) is 17.5 Å². The Balaban J connectivity index is 1.60. The molecule has 3 aromatic rings. The number of rotatable bonds is 7. The molecule has 0 unspecified atom stereocenters. The molecule has 1 aromatic carbocycles. The predicted molar refractivity (Wildman–Crippen MR) is 122 cm³/mol. The topological polar surface area (TPSA) is 64.0 Å². The van der Waals surface area contributed by atoms with Crippen molar-refractivity contribution in [3.63, 3.8) is 0 Å². The van der Waals surface area contributed by atoms with Crippen LogP contribution in [0.5, 0.6) is 11.5 Å². The Labute approximate surface area is 187 Å². The number of aryl methyl sites for hydroxylation is 1. The van der Waals surface area contributed by atoms with Crippen LogP contribution in [0.25, 0.3) is 0 Å². The van der Waals surface area contributed by atoms with Crippen molar-refractivity contribution in [2.75, 3.05) is 20.0 Å². The van der Waals surface area contributed by atoms with Gasteiger partial charge < -0.3 is 9.47 Å². The van der Waals surface area contributed by atoms with Crippen molar-refractivity contribution in [2.45, 2.75) is 23.7 Å². The molecule has 0 bridgehead atoms. The molecule has 156 valence electrons. The summed E-state index contributed by atoms with van der Waals surface area (Å²) in [6, 6.07) is 9.61. The highest BCUT2D eigenvalue weighted by atomic mass is 32.2. The standard InChI is InChI=1S/C21H21N3O3S3/c1-13-11-29-21(22-13)30-12-20(25)24-16(10-15(23-24)19-5-4-8-28-19)14-6-7-17(26-2)18(9-14)27-3/h4-9,11,16H,10,12H2,1-3H3/t16-/m1/s1. The second-order valence-corrected chi connectivity index (χ2v) is 9.67. The third-order valence-corrected chi connectivity index (χ3v) is 7.72. The van der Waals surface area contributed by atoms with E-state index in [-0.39, 0.29) is 17.7 Å². The van der Waals surface area contributed by atoms with Gasteiger partial charge in [0.25, 0.3) is 5.91 Å². The van der Waals surface area contributed by atoms with Gasteiger partial charge in [-0.1, -0.05) is 23.9 Å². The number of ether oxygens (including phenoxy) is 2. The van der Waals surface area contributed by atoms with Crippen LogP contribution >= 0.6 is 34.4 Å².